The highest BCUT2D eigenvalue weighted by Crippen LogP contribution is 2.28. The van der Waals surface area contributed by atoms with Crippen LogP contribution in [-0.2, 0) is 0 Å². The summed E-state index contributed by atoms with van der Waals surface area (Å²) in [5, 5.41) is 7.82. The van der Waals surface area contributed by atoms with Gasteiger partial charge in [-0.05, 0) is 47.5 Å². The Kier molecular flexibility index (Phi) is 6.95. The van der Waals surface area contributed by atoms with Crippen LogP contribution in [0.3, 0.4) is 0 Å². The van der Waals surface area contributed by atoms with Gasteiger partial charge in [-0.2, -0.15) is 0 Å². The average molecular weight is 431 g/mol. The second-order valence-corrected chi connectivity index (χ2v) is 8.35. The summed E-state index contributed by atoms with van der Waals surface area (Å²) in [6.45, 7) is 2.91. The molecule has 0 radical (unpaired) electrons. The first kappa shape index (κ1) is 21.1. The van der Waals surface area contributed by atoms with E-state index in [4.69, 9.17) is 4.74 Å². The average Bonchev–Trinajstić information content (AvgIpc) is 3.27. The SMILES string of the molecule is CCCCCCOc1ccc(C(=O)Nc2nc(-c3ccc4ccccc4c3)cs2)cc1. The largest absolute Gasteiger partial charge is 0.494 e. The van der Waals surface area contributed by atoms with E-state index < -0.39 is 0 Å². The lowest BCUT2D eigenvalue weighted by atomic mass is 10.1. The standard InChI is InChI=1S/C26H26N2O2S/c1-2-3-4-7-16-30-23-14-12-20(13-15-23)25(29)28-26-27-24(18-31-26)22-11-10-19-8-5-6-9-21(19)17-22/h5-6,8-15,17-18H,2-4,7,16H2,1H3,(H,27,28,29). The van der Waals surface area contributed by atoms with Crippen molar-refractivity contribution in [3.05, 3.63) is 77.7 Å². The minimum absolute atomic E-state index is 0.172. The zero-order valence-corrected chi connectivity index (χ0v) is 18.5. The summed E-state index contributed by atoms with van der Waals surface area (Å²) >= 11 is 1.43. The summed E-state index contributed by atoms with van der Waals surface area (Å²) in [4.78, 5) is 17.2. The van der Waals surface area contributed by atoms with Crippen molar-refractivity contribution in [2.45, 2.75) is 32.6 Å². The van der Waals surface area contributed by atoms with E-state index in [-0.39, 0.29) is 5.91 Å². The van der Waals surface area contributed by atoms with E-state index in [1.54, 1.807) is 12.1 Å². The number of nitrogens with zero attached hydrogens (tertiary/aromatic N) is 1. The van der Waals surface area contributed by atoms with E-state index in [2.05, 4.69) is 47.6 Å². The third kappa shape index (κ3) is 5.50. The number of carbonyl (C=O) groups is 1. The molecule has 0 saturated carbocycles. The molecule has 0 saturated heterocycles. The molecule has 0 bridgehead atoms. The summed E-state index contributed by atoms with van der Waals surface area (Å²) in [5.74, 6) is 0.620. The first-order valence-corrected chi connectivity index (χ1v) is 11.6. The van der Waals surface area contributed by atoms with Gasteiger partial charge in [0.25, 0.3) is 5.91 Å². The summed E-state index contributed by atoms with van der Waals surface area (Å²) < 4.78 is 5.75. The second kappa shape index (κ2) is 10.2. The molecule has 1 heterocycles. The van der Waals surface area contributed by atoms with Crippen molar-refractivity contribution in [2.75, 3.05) is 11.9 Å². The monoisotopic (exact) mass is 430 g/mol. The number of amides is 1. The van der Waals surface area contributed by atoms with Crippen LogP contribution in [0, 0.1) is 0 Å². The molecule has 3 aromatic carbocycles. The highest BCUT2D eigenvalue weighted by atomic mass is 32.1. The minimum Gasteiger partial charge on any atom is -0.494 e. The molecule has 4 nitrogen and oxygen atoms in total. The van der Waals surface area contributed by atoms with Crippen molar-refractivity contribution in [3.8, 4) is 17.0 Å². The van der Waals surface area contributed by atoms with Crippen LogP contribution in [0.15, 0.2) is 72.1 Å². The number of aromatic nitrogens is 1. The number of nitrogens with one attached hydrogen (secondary N) is 1. The first-order chi connectivity index (χ1) is 15.2. The molecule has 0 aliphatic carbocycles. The second-order valence-electron chi connectivity index (χ2n) is 7.49. The van der Waals surface area contributed by atoms with Crippen LogP contribution in [-0.4, -0.2) is 17.5 Å². The molecule has 0 aliphatic rings. The number of hydrogen-bond acceptors (Lipinski definition) is 4. The number of thiazole rings is 1. The molecule has 0 unspecified atom stereocenters. The van der Waals surface area contributed by atoms with E-state index in [0.717, 1.165) is 23.4 Å². The molecule has 5 heteroatoms. The van der Waals surface area contributed by atoms with Gasteiger partial charge >= 0.3 is 0 Å². The lowest BCUT2D eigenvalue weighted by Gasteiger charge is -2.07. The van der Waals surface area contributed by atoms with Gasteiger partial charge in [0.05, 0.1) is 12.3 Å². The number of unbranched alkanes of at least 4 members (excludes halogenated alkanes) is 3. The van der Waals surface area contributed by atoms with Crippen molar-refractivity contribution in [2.24, 2.45) is 0 Å². The number of hydrogen-bond donors (Lipinski definition) is 1. The lowest BCUT2D eigenvalue weighted by Crippen LogP contribution is -2.11. The Morgan fingerprint density at radius 3 is 2.58 bits per heavy atom. The molecular weight excluding hydrogens is 404 g/mol. The molecule has 1 amide bonds. The van der Waals surface area contributed by atoms with Gasteiger partial charge in [-0.1, -0.05) is 62.6 Å². The van der Waals surface area contributed by atoms with Gasteiger partial charge in [-0.3, -0.25) is 10.1 Å². The summed E-state index contributed by atoms with van der Waals surface area (Å²) in [7, 11) is 0. The maximum absolute atomic E-state index is 12.6. The number of fused-ring (bicyclic) bond motifs is 1. The highest BCUT2D eigenvalue weighted by molar-refractivity contribution is 7.14. The zero-order valence-electron chi connectivity index (χ0n) is 17.6. The number of benzene rings is 3. The number of rotatable bonds is 9. The molecule has 0 atom stereocenters. The maximum Gasteiger partial charge on any atom is 0.257 e. The van der Waals surface area contributed by atoms with E-state index in [0.29, 0.717) is 17.3 Å². The predicted octanol–water partition coefficient (Wildman–Crippen LogP) is 7.17. The molecule has 158 valence electrons. The topological polar surface area (TPSA) is 51.2 Å². The Labute approximate surface area is 186 Å². The normalized spacial score (nSPS) is 10.9. The summed E-state index contributed by atoms with van der Waals surface area (Å²) in [6, 6.07) is 21.8. The van der Waals surface area contributed by atoms with Crippen molar-refractivity contribution in [1.29, 1.82) is 0 Å². The van der Waals surface area contributed by atoms with Gasteiger partial charge in [0.15, 0.2) is 5.13 Å². The Hall–Kier alpha value is -3.18. The van der Waals surface area contributed by atoms with Gasteiger partial charge in [-0.15, -0.1) is 11.3 Å². The van der Waals surface area contributed by atoms with E-state index in [9.17, 15) is 4.79 Å². The Balaban J connectivity index is 1.36. The van der Waals surface area contributed by atoms with Gasteiger partial charge in [0.1, 0.15) is 5.75 Å². The van der Waals surface area contributed by atoms with Crippen molar-refractivity contribution >= 4 is 33.1 Å². The van der Waals surface area contributed by atoms with Crippen LogP contribution in [0.4, 0.5) is 5.13 Å². The molecule has 4 aromatic rings. The predicted molar refractivity (Wildman–Crippen MR) is 129 cm³/mol. The molecule has 0 aliphatic heterocycles. The van der Waals surface area contributed by atoms with Crippen LogP contribution in [0.1, 0.15) is 43.0 Å². The summed E-state index contributed by atoms with van der Waals surface area (Å²) in [6.07, 6.45) is 4.69. The molecule has 0 spiro atoms. The molecule has 0 fully saturated rings. The quantitative estimate of drug-likeness (QED) is 0.286. The van der Waals surface area contributed by atoms with E-state index >= 15 is 0 Å². The third-order valence-electron chi connectivity index (χ3n) is 5.15. The molecule has 1 N–H and O–H groups in total. The Bertz CT molecular complexity index is 1150. The minimum atomic E-state index is -0.172. The fraction of sp³-hybridized carbons (Fsp3) is 0.231. The van der Waals surface area contributed by atoms with Crippen LogP contribution in [0.25, 0.3) is 22.0 Å². The van der Waals surface area contributed by atoms with Crippen molar-refractivity contribution in [1.82, 2.24) is 4.98 Å². The Morgan fingerprint density at radius 2 is 1.77 bits per heavy atom. The highest BCUT2D eigenvalue weighted by Gasteiger charge is 2.11. The first-order valence-electron chi connectivity index (χ1n) is 10.7. The molecule has 1 aromatic heterocycles. The van der Waals surface area contributed by atoms with Crippen molar-refractivity contribution < 1.29 is 9.53 Å². The number of ether oxygens (including phenoxy) is 1. The van der Waals surface area contributed by atoms with Gasteiger partial charge in [-0.25, -0.2) is 4.98 Å². The molecule has 31 heavy (non-hydrogen) atoms. The van der Waals surface area contributed by atoms with E-state index in [1.807, 2.05) is 29.6 Å². The fourth-order valence-corrected chi connectivity index (χ4v) is 4.12. The third-order valence-corrected chi connectivity index (χ3v) is 5.91. The van der Waals surface area contributed by atoms with Crippen LogP contribution in [0.2, 0.25) is 0 Å². The maximum atomic E-state index is 12.6. The van der Waals surface area contributed by atoms with Crippen LogP contribution < -0.4 is 10.1 Å². The van der Waals surface area contributed by atoms with Crippen LogP contribution >= 0.6 is 11.3 Å². The van der Waals surface area contributed by atoms with Gasteiger partial charge < -0.3 is 4.74 Å². The summed E-state index contributed by atoms with van der Waals surface area (Å²) in [5.41, 5.74) is 2.48. The number of anilines is 1. The fourth-order valence-electron chi connectivity index (χ4n) is 3.40. The van der Waals surface area contributed by atoms with Gasteiger partial charge in [0, 0.05) is 16.5 Å². The van der Waals surface area contributed by atoms with Gasteiger partial charge in [0.2, 0.25) is 0 Å². The number of carbonyl (C=O) groups excluding carboxylic acids is 1. The zero-order chi connectivity index (χ0) is 21.5. The molecule has 4 rings (SSSR count). The van der Waals surface area contributed by atoms with Crippen LogP contribution in [0.5, 0.6) is 5.75 Å². The Morgan fingerprint density at radius 1 is 0.968 bits per heavy atom. The smallest absolute Gasteiger partial charge is 0.257 e. The lowest BCUT2D eigenvalue weighted by molar-refractivity contribution is 0.102. The van der Waals surface area contributed by atoms with Crippen molar-refractivity contribution in [3.63, 3.8) is 0 Å². The van der Waals surface area contributed by atoms with E-state index in [1.165, 1.54) is 41.4 Å². The molecular formula is C26H26N2O2S.